The van der Waals surface area contributed by atoms with Gasteiger partial charge in [0.05, 0.1) is 22.1 Å². The highest BCUT2D eigenvalue weighted by molar-refractivity contribution is 9.10. The van der Waals surface area contributed by atoms with Crippen molar-refractivity contribution < 1.29 is 9.13 Å². The number of imidazole rings is 1. The van der Waals surface area contributed by atoms with Gasteiger partial charge in [-0.25, -0.2) is 9.37 Å². The fraction of sp³-hybridized carbons (Fsp3) is 0.533. The van der Waals surface area contributed by atoms with Crippen LogP contribution in [0.1, 0.15) is 19.7 Å². The van der Waals surface area contributed by atoms with Gasteiger partial charge in [-0.05, 0) is 27.9 Å². The molecule has 0 radical (unpaired) electrons. The Labute approximate surface area is 137 Å². The third-order valence-electron chi connectivity index (χ3n) is 3.10. The Kier molecular flexibility index (Phi) is 6.02. The molecule has 0 N–H and O–H groups in total. The van der Waals surface area contributed by atoms with Crippen molar-refractivity contribution in [3.05, 3.63) is 28.2 Å². The van der Waals surface area contributed by atoms with Crippen LogP contribution in [0, 0.1) is 11.7 Å². The summed E-state index contributed by atoms with van der Waals surface area (Å²) in [6.45, 7) is 6.17. The minimum absolute atomic E-state index is 0.288. The fourth-order valence-corrected chi connectivity index (χ4v) is 2.67. The molecule has 0 aliphatic rings. The number of alkyl halides is 1. The van der Waals surface area contributed by atoms with E-state index in [1.54, 1.807) is 6.07 Å². The first-order valence-corrected chi connectivity index (χ1v) is 8.33. The average Bonchev–Trinajstić information content (AvgIpc) is 2.73. The normalized spacial score (nSPS) is 11.7. The van der Waals surface area contributed by atoms with Crippen molar-refractivity contribution in [2.45, 2.75) is 26.8 Å². The Bertz CT molecular complexity index is 615. The van der Waals surface area contributed by atoms with E-state index in [1.807, 2.05) is 4.57 Å². The Balaban J connectivity index is 2.25. The SMILES string of the molecule is CC(C)COCCn1c(CCCl)nc2cc(Br)c(F)cc21. The topological polar surface area (TPSA) is 27.1 Å². The summed E-state index contributed by atoms with van der Waals surface area (Å²) in [5, 5.41) is 0. The number of benzene rings is 1. The predicted octanol–water partition coefficient (Wildman–Crippen LogP) is 4.39. The molecule has 0 saturated carbocycles. The Morgan fingerprint density at radius 3 is 2.86 bits per heavy atom. The highest BCUT2D eigenvalue weighted by Gasteiger charge is 2.13. The van der Waals surface area contributed by atoms with E-state index in [0.29, 0.717) is 35.8 Å². The number of aromatic nitrogens is 2. The van der Waals surface area contributed by atoms with Crippen molar-refractivity contribution in [1.82, 2.24) is 9.55 Å². The van der Waals surface area contributed by atoms with Gasteiger partial charge in [0.1, 0.15) is 11.6 Å². The van der Waals surface area contributed by atoms with E-state index >= 15 is 0 Å². The average molecular weight is 378 g/mol. The molecule has 1 heterocycles. The van der Waals surface area contributed by atoms with E-state index in [1.165, 1.54) is 6.07 Å². The van der Waals surface area contributed by atoms with Gasteiger partial charge in [0.2, 0.25) is 0 Å². The third-order valence-corrected chi connectivity index (χ3v) is 3.89. The van der Waals surface area contributed by atoms with E-state index in [-0.39, 0.29) is 5.82 Å². The molecule has 0 spiro atoms. The van der Waals surface area contributed by atoms with Gasteiger partial charge in [0, 0.05) is 31.5 Å². The third kappa shape index (κ3) is 4.18. The number of hydrogen-bond acceptors (Lipinski definition) is 2. The summed E-state index contributed by atoms with van der Waals surface area (Å²) < 4.78 is 21.8. The maximum absolute atomic E-state index is 13.8. The van der Waals surface area contributed by atoms with Crippen LogP contribution in [0.2, 0.25) is 0 Å². The molecule has 0 fully saturated rings. The van der Waals surface area contributed by atoms with Crippen molar-refractivity contribution in [2.24, 2.45) is 5.92 Å². The molecule has 6 heteroatoms. The van der Waals surface area contributed by atoms with Crippen LogP contribution >= 0.6 is 27.5 Å². The van der Waals surface area contributed by atoms with Crippen LogP contribution in [-0.2, 0) is 17.7 Å². The summed E-state index contributed by atoms with van der Waals surface area (Å²) in [7, 11) is 0. The maximum Gasteiger partial charge on any atom is 0.139 e. The van der Waals surface area contributed by atoms with Gasteiger partial charge in [0.15, 0.2) is 0 Å². The van der Waals surface area contributed by atoms with Crippen molar-refractivity contribution in [3.8, 4) is 0 Å². The molecule has 3 nitrogen and oxygen atoms in total. The lowest BCUT2D eigenvalue weighted by atomic mass is 10.2. The van der Waals surface area contributed by atoms with Gasteiger partial charge < -0.3 is 9.30 Å². The lowest BCUT2D eigenvalue weighted by Crippen LogP contribution is -2.12. The van der Waals surface area contributed by atoms with Crippen LogP contribution in [-0.4, -0.2) is 28.6 Å². The molecule has 2 rings (SSSR count). The number of ether oxygens (including phenoxy) is 1. The molecule has 0 aliphatic carbocycles. The van der Waals surface area contributed by atoms with E-state index in [2.05, 4.69) is 34.8 Å². The van der Waals surface area contributed by atoms with Crippen LogP contribution in [0.15, 0.2) is 16.6 Å². The van der Waals surface area contributed by atoms with E-state index in [4.69, 9.17) is 16.3 Å². The monoisotopic (exact) mass is 376 g/mol. The van der Waals surface area contributed by atoms with Crippen LogP contribution in [0.4, 0.5) is 4.39 Å². The first-order chi connectivity index (χ1) is 10.0. The molecule has 2 aromatic rings. The van der Waals surface area contributed by atoms with Crippen molar-refractivity contribution in [2.75, 3.05) is 19.1 Å². The minimum Gasteiger partial charge on any atom is -0.379 e. The van der Waals surface area contributed by atoms with Crippen LogP contribution in [0.5, 0.6) is 0 Å². The first-order valence-electron chi connectivity index (χ1n) is 7.00. The second kappa shape index (κ2) is 7.56. The molecule has 1 aromatic carbocycles. The molecule has 1 aromatic heterocycles. The molecule has 21 heavy (non-hydrogen) atoms. The zero-order valence-electron chi connectivity index (χ0n) is 12.2. The lowest BCUT2D eigenvalue weighted by molar-refractivity contribution is 0.103. The second-order valence-corrected chi connectivity index (χ2v) is 6.57. The number of fused-ring (bicyclic) bond motifs is 1. The van der Waals surface area contributed by atoms with Gasteiger partial charge >= 0.3 is 0 Å². The van der Waals surface area contributed by atoms with Gasteiger partial charge in [-0.2, -0.15) is 0 Å². The van der Waals surface area contributed by atoms with Crippen molar-refractivity contribution >= 4 is 38.6 Å². The zero-order chi connectivity index (χ0) is 15.4. The van der Waals surface area contributed by atoms with Crippen LogP contribution < -0.4 is 0 Å². The Morgan fingerprint density at radius 2 is 2.19 bits per heavy atom. The van der Waals surface area contributed by atoms with E-state index in [9.17, 15) is 4.39 Å². The molecule has 0 atom stereocenters. The lowest BCUT2D eigenvalue weighted by Gasteiger charge is -2.10. The van der Waals surface area contributed by atoms with Gasteiger partial charge in [-0.1, -0.05) is 13.8 Å². The number of rotatable bonds is 7. The molecule has 0 aliphatic heterocycles. The van der Waals surface area contributed by atoms with Gasteiger partial charge in [0.25, 0.3) is 0 Å². The second-order valence-electron chi connectivity index (χ2n) is 5.34. The molecule has 0 saturated heterocycles. The summed E-state index contributed by atoms with van der Waals surface area (Å²) in [4.78, 5) is 4.54. The largest absolute Gasteiger partial charge is 0.379 e. The maximum atomic E-state index is 13.8. The molecule has 0 bridgehead atoms. The van der Waals surface area contributed by atoms with Gasteiger partial charge in [-0.3, -0.25) is 0 Å². The summed E-state index contributed by atoms with van der Waals surface area (Å²) in [5.74, 6) is 1.56. The minimum atomic E-state index is -0.288. The molecule has 0 unspecified atom stereocenters. The zero-order valence-corrected chi connectivity index (χ0v) is 14.5. The number of hydrogen-bond donors (Lipinski definition) is 0. The quantitative estimate of drug-likeness (QED) is 0.528. The number of halogens is 3. The van der Waals surface area contributed by atoms with Crippen molar-refractivity contribution in [3.63, 3.8) is 0 Å². The fourth-order valence-electron chi connectivity index (χ4n) is 2.17. The van der Waals surface area contributed by atoms with Crippen LogP contribution in [0.25, 0.3) is 11.0 Å². The van der Waals surface area contributed by atoms with E-state index < -0.39 is 0 Å². The van der Waals surface area contributed by atoms with Gasteiger partial charge in [-0.15, -0.1) is 11.6 Å². The summed E-state index contributed by atoms with van der Waals surface area (Å²) in [6, 6.07) is 3.21. The Hall–Kier alpha value is -0.650. The summed E-state index contributed by atoms with van der Waals surface area (Å²) in [6.07, 6.45) is 0.652. The van der Waals surface area contributed by atoms with Crippen molar-refractivity contribution in [1.29, 1.82) is 0 Å². The summed E-state index contributed by atoms with van der Waals surface area (Å²) >= 11 is 9.03. The number of aryl methyl sites for hydroxylation is 1. The first kappa shape index (κ1) is 16.7. The predicted molar refractivity (Wildman–Crippen MR) is 87.5 cm³/mol. The standard InChI is InChI=1S/C15H19BrClFN2O/c1-10(2)9-21-6-5-20-14-8-12(18)11(16)7-13(14)19-15(20)3-4-17/h7-8,10H,3-6,9H2,1-2H3. The molecular formula is C15H19BrClFN2O. The molecule has 0 amide bonds. The van der Waals surface area contributed by atoms with E-state index in [0.717, 1.165) is 23.5 Å². The molecule has 116 valence electrons. The molecular weight excluding hydrogens is 359 g/mol. The highest BCUT2D eigenvalue weighted by atomic mass is 79.9. The smallest absolute Gasteiger partial charge is 0.139 e. The van der Waals surface area contributed by atoms with Crippen LogP contribution in [0.3, 0.4) is 0 Å². The Morgan fingerprint density at radius 1 is 1.43 bits per heavy atom. The number of nitrogens with zero attached hydrogens (tertiary/aromatic N) is 2. The summed E-state index contributed by atoms with van der Waals surface area (Å²) in [5.41, 5.74) is 1.55. The highest BCUT2D eigenvalue weighted by Crippen LogP contribution is 2.24.